The van der Waals surface area contributed by atoms with Gasteiger partial charge in [-0.05, 0) is 49.4 Å². The standard InChI is InChI=1S/C21H22N2O6S2/c1-13(11-20(25)22-15-5-3-14(4-6-15)21(26)29-2)31(27,28)16-7-8-18-17(12-16)23-19(24)9-10-30-18/h3-8,12-13H,9-11H2,1-2H3,(H,22,25)(H,23,24)/t13-/m1/s1. The first-order valence-electron chi connectivity index (χ1n) is 9.49. The van der Waals surface area contributed by atoms with Crippen LogP contribution in [0.15, 0.2) is 52.3 Å². The summed E-state index contributed by atoms with van der Waals surface area (Å²) in [4.78, 5) is 36.5. The largest absolute Gasteiger partial charge is 0.465 e. The van der Waals surface area contributed by atoms with Crippen molar-refractivity contribution in [3.8, 4) is 0 Å². The monoisotopic (exact) mass is 462 g/mol. The number of hydrogen-bond acceptors (Lipinski definition) is 7. The van der Waals surface area contributed by atoms with Gasteiger partial charge in [0, 0.05) is 29.2 Å². The molecule has 1 heterocycles. The average molecular weight is 463 g/mol. The van der Waals surface area contributed by atoms with Crippen LogP contribution in [-0.2, 0) is 24.2 Å². The summed E-state index contributed by atoms with van der Waals surface area (Å²) in [6.07, 6.45) is 0.109. The quantitative estimate of drug-likeness (QED) is 0.633. The Labute approximate surface area is 184 Å². The molecule has 0 aliphatic carbocycles. The number of nitrogens with one attached hydrogen (secondary N) is 2. The zero-order valence-corrected chi connectivity index (χ0v) is 18.6. The van der Waals surface area contributed by atoms with Gasteiger partial charge in [-0.15, -0.1) is 11.8 Å². The molecule has 1 aliphatic rings. The molecular formula is C21H22N2O6S2. The van der Waals surface area contributed by atoms with Gasteiger partial charge in [0.05, 0.1) is 28.5 Å². The highest BCUT2D eigenvalue weighted by atomic mass is 32.2. The third kappa shape index (κ3) is 5.45. The minimum absolute atomic E-state index is 0.0526. The number of ether oxygens (including phenoxy) is 1. The van der Waals surface area contributed by atoms with Crippen molar-refractivity contribution in [3.05, 3.63) is 48.0 Å². The topological polar surface area (TPSA) is 119 Å². The number of carbonyl (C=O) groups is 3. The smallest absolute Gasteiger partial charge is 0.337 e. The minimum atomic E-state index is -3.79. The number of rotatable bonds is 6. The molecule has 31 heavy (non-hydrogen) atoms. The number of sulfone groups is 1. The van der Waals surface area contributed by atoms with Crippen molar-refractivity contribution in [2.75, 3.05) is 23.5 Å². The van der Waals surface area contributed by atoms with Crippen molar-refractivity contribution in [2.24, 2.45) is 0 Å². The molecule has 2 aromatic rings. The third-order valence-electron chi connectivity index (χ3n) is 4.73. The summed E-state index contributed by atoms with van der Waals surface area (Å²) in [5.74, 6) is -0.498. The number of esters is 1. The van der Waals surface area contributed by atoms with E-state index in [1.165, 1.54) is 62.2 Å². The second-order valence-electron chi connectivity index (χ2n) is 6.98. The fraction of sp³-hybridized carbons (Fsp3) is 0.286. The summed E-state index contributed by atoms with van der Waals surface area (Å²) < 4.78 is 30.6. The van der Waals surface area contributed by atoms with Gasteiger partial charge in [-0.1, -0.05) is 0 Å². The van der Waals surface area contributed by atoms with Crippen LogP contribution in [0.2, 0.25) is 0 Å². The summed E-state index contributed by atoms with van der Waals surface area (Å²) in [5.41, 5.74) is 1.24. The highest BCUT2D eigenvalue weighted by Crippen LogP contribution is 2.33. The molecule has 0 unspecified atom stereocenters. The molecule has 1 atom stereocenters. The van der Waals surface area contributed by atoms with Gasteiger partial charge in [0.1, 0.15) is 0 Å². The fourth-order valence-corrected chi connectivity index (χ4v) is 5.31. The second-order valence-corrected chi connectivity index (χ2v) is 10.5. The number of hydrogen-bond donors (Lipinski definition) is 2. The van der Waals surface area contributed by atoms with Gasteiger partial charge >= 0.3 is 5.97 Å². The molecule has 0 saturated heterocycles. The summed E-state index contributed by atoms with van der Waals surface area (Å²) >= 11 is 1.49. The van der Waals surface area contributed by atoms with E-state index in [1.807, 2.05) is 0 Å². The molecule has 0 fully saturated rings. The SMILES string of the molecule is COC(=O)c1ccc(NC(=O)C[C@@H](C)S(=O)(=O)c2ccc3c(c2)NC(=O)CCS3)cc1. The zero-order chi connectivity index (χ0) is 22.6. The van der Waals surface area contributed by atoms with Crippen LogP contribution in [0.4, 0.5) is 11.4 Å². The van der Waals surface area contributed by atoms with Gasteiger partial charge in [0.2, 0.25) is 11.8 Å². The lowest BCUT2D eigenvalue weighted by molar-refractivity contribution is -0.116. The molecule has 0 spiro atoms. The summed E-state index contributed by atoms with van der Waals surface area (Å²) in [5, 5.41) is 4.38. The molecule has 8 nitrogen and oxygen atoms in total. The predicted molar refractivity (Wildman–Crippen MR) is 118 cm³/mol. The van der Waals surface area contributed by atoms with Crippen LogP contribution >= 0.6 is 11.8 Å². The van der Waals surface area contributed by atoms with E-state index >= 15 is 0 Å². The van der Waals surface area contributed by atoms with Crippen LogP contribution in [0.1, 0.15) is 30.1 Å². The molecule has 2 amide bonds. The van der Waals surface area contributed by atoms with Crippen LogP contribution in [0.3, 0.4) is 0 Å². The maximum absolute atomic E-state index is 13.0. The number of methoxy groups -OCH3 is 1. The van der Waals surface area contributed by atoms with Crippen molar-refractivity contribution >= 4 is 50.8 Å². The molecule has 1 aliphatic heterocycles. The molecule has 2 N–H and O–H groups in total. The van der Waals surface area contributed by atoms with Gasteiger partial charge in [0.25, 0.3) is 0 Å². The normalized spacial score (nSPS) is 14.6. The fourth-order valence-electron chi connectivity index (χ4n) is 3.00. The third-order valence-corrected chi connectivity index (χ3v) is 7.95. The van der Waals surface area contributed by atoms with Gasteiger partial charge in [-0.2, -0.15) is 0 Å². The minimum Gasteiger partial charge on any atom is -0.465 e. The van der Waals surface area contributed by atoms with E-state index in [4.69, 9.17) is 0 Å². The Bertz CT molecular complexity index is 1110. The van der Waals surface area contributed by atoms with Crippen molar-refractivity contribution in [1.82, 2.24) is 0 Å². The van der Waals surface area contributed by atoms with E-state index in [0.717, 1.165) is 4.90 Å². The number of thioether (sulfide) groups is 1. The lowest BCUT2D eigenvalue weighted by Crippen LogP contribution is -2.25. The molecule has 0 saturated carbocycles. The molecule has 164 valence electrons. The molecule has 0 bridgehead atoms. The second kappa shape index (κ2) is 9.52. The molecular weight excluding hydrogens is 440 g/mol. The number of anilines is 2. The van der Waals surface area contributed by atoms with Crippen LogP contribution in [-0.4, -0.2) is 44.3 Å². The first kappa shape index (κ1) is 22.8. The van der Waals surface area contributed by atoms with E-state index < -0.39 is 27.0 Å². The Morgan fingerprint density at radius 2 is 1.90 bits per heavy atom. The van der Waals surface area contributed by atoms with Crippen LogP contribution in [0.25, 0.3) is 0 Å². The van der Waals surface area contributed by atoms with Crippen molar-refractivity contribution in [3.63, 3.8) is 0 Å². The van der Waals surface area contributed by atoms with Gasteiger partial charge in [-0.25, -0.2) is 13.2 Å². The average Bonchev–Trinajstić information content (AvgIpc) is 2.93. The maximum Gasteiger partial charge on any atom is 0.337 e. The van der Waals surface area contributed by atoms with Gasteiger partial charge in [-0.3, -0.25) is 9.59 Å². The lowest BCUT2D eigenvalue weighted by Gasteiger charge is -2.15. The van der Waals surface area contributed by atoms with Crippen LogP contribution < -0.4 is 10.6 Å². The summed E-state index contributed by atoms with van der Waals surface area (Å²) in [6.45, 7) is 1.47. The lowest BCUT2D eigenvalue weighted by atomic mass is 10.2. The summed E-state index contributed by atoms with van der Waals surface area (Å²) in [7, 11) is -2.52. The Hall–Kier alpha value is -2.85. The van der Waals surface area contributed by atoms with Crippen LogP contribution in [0, 0.1) is 0 Å². The van der Waals surface area contributed by atoms with Crippen molar-refractivity contribution in [1.29, 1.82) is 0 Å². The van der Waals surface area contributed by atoms with Crippen molar-refractivity contribution < 1.29 is 27.5 Å². The zero-order valence-electron chi connectivity index (χ0n) is 17.0. The van der Waals surface area contributed by atoms with E-state index in [-0.39, 0.29) is 17.2 Å². The van der Waals surface area contributed by atoms with Crippen molar-refractivity contribution in [2.45, 2.75) is 34.8 Å². The molecule has 2 aromatic carbocycles. The highest BCUT2D eigenvalue weighted by Gasteiger charge is 2.27. The molecule has 3 rings (SSSR count). The Morgan fingerprint density at radius 1 is 1.19 bits per heavy atom. The Balaban J connectivity index is 1.69. The van der Waals surface area contributed by atoms with E-state index in [1.54, 1.807) is 6.07 Å². The van der Waals surface area contributed by atoms with Gasteiger partial charge < -0.3 is 15.4 Å². The number of amides is 2. The molecule has 0 radical (unpaired) electrons. The number of carbonyl (C=O) groups excluding carboxylic acids is 3. The van der Waals surface area contributed by atoms with E-state index in [2.05, 4.69) is 15.4 Å². The maximum atomic E-state index is 13.0. The number of fused-ring (bicyclic) bond motifs is 1. The first-order valence-corrected chi connectivity index (χ1v) is 12.0. The summed E-state index contributed by atoms with van der Waals surface area (Å²) in [6, 6.07) is 10.7. The van der Waals surface area contributed by atoms with Gasteiger partial charge in [0.15, 0.2) is 9.84 Å². The first-order chi connectivity index (χ1) is 14.7. The van der Waals surface area contributed by atoms with E-state index in [9.17, 15) is 22.8 Å². The Morgan fingerprint density at radius 3 is 2.58 bits per heavy atom. The number of benzene rings is 2. The highest BCUT2D eigenvalue weighted by molar-refractivity contribution is 7.99. The van der Waals surface area contributed by atoms with E-state index in [0.29, 0.717) is 29.1 Å². The molecule has 0 aromatic heterocycles. The Kier molecular flexibility index (Phi) is 7.01. The van der Waals surface area contributed by atoms with Crippen LogP contribution in [0.5, 0.6) is 0 Å². The predicted octanol–water partition coefficient (Wildman–Crippen LogP) is 3.10. The molecule has 10 heteroatoms.